The van der Waals surface area contributed by atoms with Crippen LogP contribution in [0.4, 0.5) is 4.39 Å². The number of nitrogens with one attached hydrogen (secondary N) is 1. The first-order chi connectivity index (χ1) is 7.58. The number of carbonyl (C=O) groups is 1. The third-order valence-electron chi connectivity index (χ3n) is 2.23. The van der Waals surface area contributed by atoms with Gasteiger partial charge in [0, 0.05) is 5.56 Å². The van der Waals surface area contributed by atoms with Crippen LogP contribution in [0.15, 0.2) is 22.7 Å². The van der Waals surface area contributed by atoms with Gasteiger partial charge in [-0.1, -0.05) is 6.92 Å². The molecule has 16 heavy (non-hydrogen) atoms. The van der Waals surface area contributed by atoms with E-state index < -0.39 is 5.82 Å². The van der Waals surface area contributed by atoms with Gasteiger partial charge in [0.15, 0.2) is 0 Å². The highest BCUT2D eigenvalue weighted by atomic mass is 79.9. The third-order valence-corrected chi connectivity index (χ3v) is 2.84. The molecule has 0 saturated heterocycles. The van der Waals surface area contributed by atoms with Crippen molar-refractivity contribution in [2.75, 3.05) is 6.61 Å². The van der Waals surface area contributed by atoms with Crippen molar-refractivity contribution in [2.45, 2.75) is 19.4 Å². The standard InChI is InChI=1S/C11H13BrFNO2/c1-2-8(6-15)14-11(16)7-3-4-10(13)9(12)5-7/h3-5,8,15H,2,6H2,1H3,(H,14,16)/t8-/m0/s1. The number of hydrogen-bond donors (Lipinski definition) is 2. The summed E-state index contributed by atoms with van der Waals surface area (Å²) in [7, 11) is 0. The Morgan fingerprint density at radius 3 is 2.81 bits per heavy atom. The Balaban J connectivity index is 2.76. The molecule has 1 aromatic carbocycles. The van der Waals surface area contributed by atoms with Gasteiger partial charge in [-0.05, 0) is 40.5 Å². The molecule has 3 nitrogen and oxygen atoms in total. The lowest BCUT2D eigenvalue weighted by atomic mass is 10.2. The number of hydrogen-bond acceptors (Lipinski definition) is 2. The fourth-order valence-electron chi connectivity index (χ4n) is 1.18. The van der Waals surface area contributed by atoms with Gasteiger partial charge in [-0.2, -0.15) is 0 Å². The van der Waals surface area contributed by atoms with E-state index in [1.807, 2.05) is 6.92 Å². The number of halogens is 2. The van der Waals surface area contributed by atoms with Gasteiger partial charge in [-0.25, -0.2) is 4.39 Å². The smallest absolute Gasteiger partial charge is 0.251 e. The summed E-state index contributed by atoms with van der Waals surface area (Å²) >= 11 is 3.01. The number of benzene rings is 1. The SMILES string of the molecule is CC[C@@H](CO)NC(=O)c1ccc(F)c(Br)c1. The van der Waals surface area contributed by atoms with Crippen LogP contribution in [0.25, 0.3) is 0 Å². The molecule has 0 aliphatic heterocycles. The molecule has 88 valence electrons. The number of rotatable bonds is 4. The van der Waals surface area contributed by atoms with Crippen LogP contribution in [0, 0.1) is 5.82 Å². The summed E-state index contributed by atoms with van der Waals surface area (Å²) in [6.07, 6.45) is 0.643. The van der Waals surface area contributed by atoms with Crippen molar-refractivity contribution in [2.24, 2.45) is 0 Å². The molecular weight excluding hydrogens is 277 g/mol. The highest BCUT2D eigenvalue weighted by molar-refractivity contribution is 9.10. The molecule has 5 heteroatoms. The van der Waals surface area contributed by atoms with Gasteiger partial charge >= 0.3 is 0 Å². The summed E-state index contributed by atoms with van der Waals surface area (Å²) < 4.78 is 13.2. The zero-order chi connectivity index (χ0) is 12.1. The Hall–Kier alpha value is -0.940. The zero-order valence-corrected chi connectivity index (χ0v) is 10.4. The zero-order valence-electron chi connectivity index (χ0n) is 8.84. The van der Waals surface area contributed by atoms with Gasteiger partial charge in [0.2, 0.25) is 0 Å². The molecule has 1 atom stereocenters. The first-order valence-electron chi connectivity index (χ1n) is 4.95. The fourth-order valence-corrected chi connectivity index (χ4v) is 1.56. The number of carbonyl (C=O) groups excluding carboxylic acids is 1. The van der Waals surface area contributed by atoms with E-state index in [1.165, 1.54) is 18.2 Å². The molecule has 0 heterocycles. The average molecular weight is 290 g/mol. The summed E-state index contributed by atoms with van der Waals surface area (Å²) in [5.74, 6) is -0.729. The predicted molar refractivity (Wildman–Crippen MR) is 62.7 cm³/mol. The molecule has 1 rings (SSSR count). The predicted octanol–water partition coefficient (Wildman–Crippen LogP) is 2.09. The monoisotopic (exact) mass is 289 g/mol. The minimum atomic E-state index is -0.411. The maximum absolute atomic E-state index is 12.9. The van der Waals surface area contributed by atoms with E-state index in [2.05, 4.69) is 21.2 Å². The lowest BCUT2D eigenvalue weighted by Crippen LogP contribution is -2.36. The largest absolute Gasteiger partial charge is 0.394 e. The van der Waals surface area contributed by atoms with Crippen molar-refractivity contribution in [3.05, 3.63) is 34.1 Å². The molecule has 1 aromatic rings. The van der Waals surface area contributed by atoms with Gasteiger partial charge in [0.05, 0.1) is 17.1 Å². The molecule has 1 amide bonds. The van der Waals surface area contributed by atoms with Crippen molar-refractivity contribution < 1.29 is 14.3 Å². The van der Waals surface area contributed by atoms with Gasteiger partial charge < -0.3 is 10.4 Å². The molecule has 0 spiro atoms. The minimum absolute atomic E-state index is 0.107. The van der Waals surface area contributed by atoms with Gasteiger partial charge in [-0.3, -0.25) is 4.79 Å². The van der Waals surface area contributed by atoms with Crippen molar-refractivity contribution in [1.82, 2.24) is 5.32 Å². The summed E-state index contributed by atoms with van der Waals surface area (Å²) in [5, 5.41) is 11.6. The average Bonchev–Trinajstić information content (AvgIpc) is 2.29. The Morgan fingerprint density at radius 2 is 2.31 bits per heavy atom. The van der Waals surface area contributed by atoms with Gasteiger partial charge in [0.1, 0.15) is 5.82 Å². The third kappa shape index (κ3) is 3.28. The lowest BCUT2D eigenvalue weighted by molar-refractivity contribution is 0.0915. The molecule has 0 fully saturated rings. The van der Waals surface area contributed by atoms with Crippen LogP contribution in [0.2, 0.25) is 0 Å². The maximum atomic E-state index is 12.9. The summed E-state index contributed by atoms with van der Waals surface area (Å²) in [6, 6.07) is 3.77. The topological polar surface area (TPSA) is 49.3 Å². The van der Waals surface area contributed by atoms with Crippen LogP contribution < -0.4 is 5.32 Å². The number of aliphatic hydroxyl groups excluding tert-OH is 1. The van der Waals surface area contributed by atoms with Crippen LogP contribution in [-0.4, -0.2) is 23.7 Å². The van der Waals surface area contributed by atoms with Gasteiger partial charge in [-0.15, -0.1) is 0 Å². The van der Waals surface area contributed by atoms with Crippen LogP contribution in [0.3, 0.4) is 0 Å². The molecule has 0 radical (unpaired) electrons. The second-order valence-electron chi connectivity index (χ2n) is 3.39. The summed E-state index contributed by atoms with van der Waals surface area (Å²) in [4.78, 5) is 11.7. The second kappa shape index (κ2) is 5.96. The lowest BCUT2D eigenvalue weighted by Gasteiger charge is -2.14. The van der Waals surface area contributed by atoms with E-state index in [0.717, 1.165) is 0 Å². The highest BCUT2D eigenvalue weighted by Crippen LogP contribution is 2.16. The Kier molecular flexibility index (Phi) is 4.89. The van der Waals surface area contributed by atoms with Crippen molar-refractivity contribution in [3.8, 4) is 0 Å². The molecule has 0 bridgehead atoms. The van der Waals surface area contributed by atoms with E-state index in [9.17, 15) is 9.18 Å². The van der Waals surface area contributed by atoms with Crippen LogP contribution in [0.5, 0.6) is 0 Å². The van der Waals surface area contributed by atoms with Crippen molar-refractivity contribution >= 4 is 21.8 Å². The highest BCUT2D eigenvalue weighted by Gasteiger charge is 2.12. The second-order valence-corrected chi connectivity index (χ2v) is 4.24. The maximum Gasteiger partial charge on any atom is 0.251 e. The number of amides is 1. The first-order valence-corrected chi connectivity index (χ1v) is 5.74. The fraction of sp³-hybridized carbons (Fsp3) is 0.364. The molecule has 0 aliphatic carbocycles. The molecule has 0 saturated carbocycles. The Bertz CT molecular complexity index is 380. The van der Waals surface area contributed by atoms with E-state index >= 15 is 0 Å². The first kappa shape index (κ1) is 13.1. The molecule has 0 unspecified atom stereocenters. The quantitative estimate of drug-likeness (QED) is 0.892. The summed E-state index contributed by atoms with van der Waals surface area (Å²) in [5.41, 5.74) is 0.361. The van der Waals surface area contributed by atoms with Crippen molar-refractivity contribution in [1.29, 1.82) is 0 Å². The van der Waals surface area contributed by atoms with Crippen LogP contribution in [-0.2, 0) is 0 Å². The van der Waals surface area contributed by atoms with Gasteiger partial charge in [0.25, 0.3) is 5.91 Å². The molecular formula is C11H13BrFNO2. The van der Waals surface area contributed by atoms with Crippen LogP contribution in [0.1, 0.15) is 23.7 Å². The Labute approximate surface area is 102 Å². The van der Waals surface area contributed by atoms with E-state index in [4.69, 9.17) is 5.11 Å². The van der Waals surface area contributed by atoms with E-state index in [-0.39, 0.29) is 23.0 Å². The Morgan fingerprint density at radius 1 is 1.62 bits per heavy atom. The molecule has 0 aromatic heterocycles. The van der Waals surface area contributed by atoms with Crippen molar-refractivity contribution in [3.63, 3.8) is 0 Å². The minimum Gasteiger partial charge on any atom is -0.394 e. The normalized spacial score (nSPS) is 12.2. The van der Waals surface area contributed by atoms with E-state index in [1.54, 1.807) is 0 Å². The van der Waals surface area contributed by atoms with E-state index in [0.29, 0.717) is 12.0 Å². The number of aliphatic hydroxyl groups is 1. The summed E-state index contributed by atoms with van der Waals surface area (Å²) in [6.45, 7) is 1.76. The van der Waals surface area contributed by atoms with Crippen LogP contribution >= 0.6 is 15.9 Å². The molecule has 2 N–H and O–H groups in total. The molecule has 0 aliphatic rings.